The maximum Gasteiger partial charge on any atom is 0.337 e. The Morgan fingerprint density at radius 3 is 2.48 bits per heavy atom. The minimum absolute atomic E-state index is 0.0232. The van der Waals surface area contributed by atoms with E-state index in [1.807, 2.05) is 45.0 Å². The van der Waals surface area contributed by atoms with Crippen LogP contribution in [-0.4, -0.2) is 17.9 Å². The Bertz CT molecular complexity index is 1150. The molecule has 3 atom stereocenters. The third kappa shape index (κ3) is 4.73. The second kappa shape index (κ2) is 9.74. The number of ether oxygens (including phenoxy) is 1. The average molecular weight is 484 g/mol. The number of hydrogen-bond donors (Lipinski definition) is 1. The van der Waals surface area contributed by atoms with E-state index >= 15 is 0 Å². The highest BCUT2D eigenvalue weighted by Crippen LogP contribution is 2.46. The molecule has 0 aromatic heterocycles. The Labute approximate surface area is 204 Å². The summed E-state index contributed by atoms with van der Waals surface area (Å²) in [6.07, 6.45) is 1.55. The first-order chi connectivity index (χ1) is 15.8. The molecule has 0 fully saturated rings. The van der Waals surface area contributed by atoms with Crippen LogP contribution in [0.15, 0.2) is 71.1 Å². The Morgan fingerprint density at radius 1 is 1.09 bits per heavy atom. The van der Waals surface area contributed by atoms with Crippen LogP contribution in [0, 0.1) is 0 Å². The SMILES string of the molecule is CC[C@H](C)OC(=O)C1=C(C)NC2=C(C(=O)C[C@H](c3ccccc3)C2)[C@H]1c1ccc(Cl)c(Cl)c1. The molecule has 1 aliphatic carbocycles. The fraction of sp³-hybridized carbons (Fsp3) is 0.333. The summed E-state index contributed by atoms with van der Waals surface area (Å²) in [4.78, 5) is 26.8. The molecule has 2 aromatic carbocycles. The van der Waals surface area contributed by atoms with Crippen LogP contribution in [0.5, 0.6) is 0 Å². The number of carbonyl (C=O) groups excluding carboxylic acids is 2. The van der Waals surface area contributed by atoms with Crippen LogP contribution in [0.3, 0.4) is 0 Å². The molecule has 4 rings (SSSR count). The lowest BCUT2D eigenvalue weighted by Crippen LogP contribution is -2.36. The number of esters is 1. The molecule has 1 heterocycles. The number of Topliss-reactive ketones (excluding diaryl/α,β-unsaturated/α-hetero) is 1. The molecule has 0 amide bonds. The standard InChI is InChI=1S/C27H27Cl2NO3/c1-4-15(2)33-27(32)24-16(3)30-22-13-19(17-8-6-5-7-9-17)14-23(31)26(22)25(24)18-10-11-20(28)21(29)12-18/h5-12,15,19,25,30H,4,13-14H2,1-3H3/t15-,19+,25-/m0/s1. The normalized spacial score (nSPS) is 21.4. The van der Waals surface area contributed by atoms with E-state index in [4.69, 9.17) is 27.9 Å². The molecule has 0 saturated carbocycles. The highest BCUT2D eigenvalue weighted by atomic mass is 35.5. The largest absolute Gasteiger partial charge is 0.459 e. The van der Waals surface area contributed by atoms with Gasteiger partial charge in [-0.2, -0.15) is 0 Å². The number of nitrogens with one attached hydrogen (secondary N) is 1. The summed E-state index contributed by atoms with van der Waals surface area (Å²) >= 11 is 12.5. The highest BCUT2D eigenvalue weighted by Gasteiger charge is 2.41. The van der Waals surface area contributed by atoms with Gasteiger partial charge in [-0.25, -0.2) is 4.79 Å². The highest BCUT2D eigenvalue weighted by molar-refractivity contribution is 6.42. The minimum Gasteiger partial charge on any atom is -0.459 e. The molecule has 33 heavy (non-hydrogen) atoms. The van der Waals surface area contributed by atoms with Crippen molar-refractivity contribution in [3.8, 4) is 0 Å². The Hall–Kier alpha value is -2.56. The van der Waals surface area contributed by atoms with Crippen molar-refractivity contribution >= 4 is 35.0 Å². The number of hydrogen-bond acceptors (Lipinski definition) is 4. The molecule has 0 bridgehead atoms. The van der Waals surface area contributed by atoms with E-state index in [2.05, 4.69) is 17.4 Å². The second-order valence-electron chi connectivity index (χ2n) is 8.73. The first kappa shape index (κ1) is 23.6. The average Bonchev–Trinajstić information content (AvgIpc) is 2.80. The number of dihydropyridines is 1. The zero-order chi connectivity index (χ0) is 23.7. The summed E-state index contributed by atoms with van der Waals surface area (Å²) in [5, 5.41) is 4.18. The topological polar surface area (TPSA) is 55.4 Å². The van der Waals surface area contributed by atoms with Gasteiger partial charge in [-0.15, -0.1) is 0 Å². The minimum atomic E-state index is -0.559. The maximum absolute atomic E-state index is 13.6. The zero-order valence-electron chi connectivity index (χ0n) is 19.0. The van der Waals surface area contributed by atoms with Crippen molar-refractivity contribution in [1.82, 2.24) is 5.32 Å². The molecule has 172 valence electrons. The Morgan fingerprint density at radius 2 is 1.82 bits per heavy atom. The van der Waals surface area contributed by atoms with E-state index in [0.717, 1.165) is 16.8 Å². The van der Waals surface area contributed by atoms with Crippen molar-refractivity contribution in [2.45, 2.75) is 58.0 Å². The number of benzene rings is 2. The van der Waals surface area contributed by atoms with Crippen LogP contribution in [0.2, 0.25) is 10.0 Å². The lowest BCUT2D eigenvalue weighted by molar-refractivity contribution is -0.144. The van der Waals surface area contributed by atoms with Crippen LogP contribution in [0.4, 0.5) is 0 Å². The summed E-state index contributed by atoms with van der Waals surface area (Å²) in [7, 11) is 0. The number of halogens is 2. The third-order valence-corrected chi connectivity index (χ3v) is 7.22. The summed E-state index contributed by atoms with van der Waals surface area (Å²) < 4.78 is 5.69. The van der Waals surface area contributed by atoms with Gasteiger partial charge in [0.1, 0.15) is 0 Å². The first-order valence-electron chi connectivity index (χ1n) is 11.2. The fourth-order valence-corrected chi connectivity index (χ4v) is 4.93. The molecule has 1 aliphatic heterocycles. The monoisotopic (exact) mass is 483 g/mol. The van der Waals surface area contributed by atoms with Gasteiger partial charge in [-0.05, 0) is 55.9 Å². The van der Waals surface area contributed by atoms with E-state index in [9.17, 15) is 9.59 Å². The molecule has 0 unspecified atom stereocenters. The van der Waals surface area contributed by atoms with Crippen LogP contribution in [0.1, 0.15) is 63.0 Å². The van der Waals surface area contributed by atoms with Crippen molar-refractivity contribution in [2.24, 2.45) is 0 Å². The first-order valence-corrected chi connectivity index (χ1v) is 12.0. The Balaban J connectivity index is 1.80. The van der Waals surface area contributed by atoms with Crippen molar-refractivity contribution < 1.29 is 14.3 Å². The maximum atomic E-state index is 13.6. The number of ketones is 1. The zero-order valence-corrected chi connectivity index (χ0v) is 20.5. The molecule has 0 saturated heterocycles. The lowest BCUT2D eigenvalue weighted by atomic mass is 9.72. The summed E-state index contributed by atoms with van der Waals surface area (Å²) in [5.41, 5.74) is 4.49. The lowest BCUT2D eigenvalue weighted by Gasteiger charge is -2.37. The predicted octanol–water partition coefficient (Wildman–Crippen LogP) is 6.70. The van der Waals surface area contributed by atoms with Gasteiger partial charge >= 0.3 is 5.97 Å². The van der Waals surface area contributed by atoms with Gasteiger partial charge in [0.05, 0.1) is 21.7 Å². The fourth-order valence-electron chi connectivity index (χ4n) is 4.63. The van der Waals surface area contributed by atoms with Crippen LogP contribution >= 0.6 is 23.2 Å². The van der Waals surface area contributed by atoms with Gasteiger partial charge in [-0.3, -0.25) is 4.79 Å². The Kier molecular flexibility index (Phi) is 6.96. The molecule has 4 nitrogen and oxygen atoms in total. The summed E-state index contributed by atoms with van der Waals surface area (Å²) in [5.74, 6) is -0.873. The van der Waals surface area contributed by atoms with Crippen molar-refractivity contribution in [1.29, 1.82) is 0 Å². The molecular formula is C27H27Cl2NO3. The number of allylic oxidation sites excluding steroid dienone is 3. The van der Waals surface area contributed by atoms with Crippen LogP contribution < -0.4 is 5.32 Å². The number of rotatable bonds is 5. The molecule has 0 radical (unpaired) electrons. The molecule has 2 aromatic rings. The van der Waals surface area contributed by atoms with Gasteiger partial charge in [0.15, 0.2) is 5.78 Å². The van der Waals surface area contributed by atoms with E-state index in [1.54, 1.807) is 12.1 Å². The van der Waals surface area contributed by atoms with E-state index in [1.165, 1.54) is 0 Å². The molecule has 0 spiro atoms. The predicted molar refractivity (Wildman–Crippen MR) is 131 cm³/mol. The number of carbonyl (C=O) groups is 2. The van der Waals surface area contributed by atoms with Gasteiger partial charge in [0.2, 0.25) is 0 Å². The molecule has 1 N–H and O–H groups in total. The van der Waals surface area contributed by atoms with Crippen LogP contribution in [-0.2, 0) is 14.3 Å². The molecule has 6 heteroatoms. The van der Waals surface area contributed by atoms with Gasteiger partial charge in [0, 0.05) is 29.3 Å². The van der Waals surface area contributed by atoms with Crippen molar-refractivity contribution in [3.63, 3.8) is 0 Å². The van der Waals surface area contributed by atoms with E-state index in [0.29, 0.717) is 46.2 Å². The van der Waals surface area contributed by atoms with Crippen LogP contribution in [0.25, 0.3) is 0 Å². The van der Waals surface area contributed by atoms with Gasteiger partial charge in [-0.1, -0.05) is 66.5 Å². The van der Waals surface area contributed by atoms with E-state index < -0.39 is 11.9 Å². The third-order valence-electron chi connectivity index (χ3n) is 6.48. The van der Waals surface area contributed by atoms with Gasteiger partial charge in [0.25, 0.3) is 0 Å². The van der Waals surface area contributed by atoms with Crippen molar-refractivity contribution in [2.75, 3.05) is 0 Å². The summed E-state index contributed by atoms with van der Waals surface area (Å²) in [6.45, 7) is 5.68. The molecule has 2 aliphatic rings. The second-order valence-corrected chi connectivity index (χ2v) is 9.54. The van der Waals surface area contributed by atoms with E-state index in [-0.39, 0.29) is 17.8 Å². The van der Waals surface area contributed by atoms with Crippen molar-refractivity contribution in [3.05, 3.63) is 92.2 Å². The smallest absolute Gasteiger partial charge is 0.337 e. The summed E-state index contributed by atoms with van der Waals surface area (Å²) in [6, 6.07) is 15.3. The molecular weight excluding hydrogens is 457 g/mol. The quantitative estimate of drug-likeness (QED) is 0.480. The van der Waals surface area contributed by atoms with Gasteiger partial charge < -0.3 is 10.1 Å².